The van der Waals surface area contributed by atoms with Crippen molar-refractivity contribution in [2.75, 3.05) is 0 Å². The number of hydrogen-bond acceptors (Lipinski definition) is 2. The summed E-state index contributed by atoms with van der Waals surface area (Å²) in [7, 11) is 0. The topological polar surface area (TPSA) is 40.1 Å². The molecule has 2 nitrogen and oxygen atoms in total. The van der Waals surface area contributed by atoms with Crippen LogP contribution in [0.25, 0.3) is 0 Å². The summed E-state index contributed by atoms with van der Waals surface area (Å²) < 4.78 is 0. The van der Waals surface area contributed by atoms with E-state index in [1.165, 1.54) is 57.8 Å². The Morgan fingerprint density at radius 3 is 1.47 bits per heavy atom. The Kier molecular flexibility index (Phi) is 20.6. The first-order valence-electron chi connectivity index (χ1n) is 6.97. The Morgan fingerprint density at radius 1 is 0.765 bits per heavy atom. The third kappa shape index (κ3) is 19.6. The van der Waals surface area contributed by atoms with Crippen LogP contribution >= 0.6 is 0 Å². The first-order valence-corrected chi connectivity index (χ1v) is 6.97. The van der Waals surface area contributed by atoms with Gasteiger partial charge in [-0.1, -0.05) is 71.1 Å². The van der Waals surface area contributed by atoms with E-state index in [0.29, 0.717) is 0 Å². The third-order valence-corrected chi connectivity index (χ3v) is 2.98. The molecule has 17 heavy (non-hydrogen) atoms. The fourth-order valence-electron chi connectivity index (χ4n) is 1.93. The van der Waals surface area contributed by atoms with Crippen molar-refractivity contribution in [2.24, 2.45) is 0 Å². The molecular formula is C14H27KO2. The monoisotopic (exact) mass is 266 g/mol. The van der Waals surface area contributed by atoms with Crippen LogP contribution in [0.1, 0.15) is 84.0 Å². The average Bonchev–Trinajstić information content (AvgIpc) is 2.25. The van der Waals surface area contributed by atoms with Crippen molar-refractivity contribution in [3.05, 3.63) is 0 Å². The van der Waals surface area contributed by atoms with Crippen LogP contribution in [0.5, 0.6) is 0 Å². The largest absolute Gasteiger partial charge is 1.00 e. The van der Waals surface area contributed by atoms with Gasteiger partial charge < -0.3 is 9.90 Å². The zero-order valence-electron chi connectivity index (χ0n) is 11.8. The van der Waals surface area contributed by atoms with Crippen LogP contribution in [-0.2, 0) is 4.79 Å². The second kappa shape index (κ2) is 17.1. The number of unbranched alkanes of at least 4 members (excludes halogenated alkanes) is 10. The van der Waals surface area contributed by atoms with Crippen LogP contribution < -0.4 is 56.5 Å². The molecule has 0 atom stereocenters. The molecule has 0 rings (SSSR count). The first-order chi connectivity index (χ1) is 7.77. The van der Waals surface area contributed by atoms with Gasteiger partial charge in [0.25, 0.3) is 0 Å². The quantitative estimate of drug-likeness (QED) is 0.380. The predicted octanol–water partition coefficient (Wildman–Crippen LogP) is 0.441. The van der Waals surface area contributed by atoms with Gasteiger partial charge in [0, 0.05) is 5.97 Å². The summed E-state index contributed by atoms with van der Waals surface area (Å²) in [6.45, 7) is 2.24. The molecule has 0 heterocycles. The van der Waals surface area contributed by atoms with Crippen molar-refractivity contribution in [2.45, 2.75) is 84.0 Å². The molecule has 0 radical (unpaired) electrons. The van der Waals surface area contributed by atoms with Crippen LogP contribution in [0.3, 0.4) is 0 Å². The number of hydrogen-bond donors (Lipinski definition) is 0. The van der Waals surface area contributed by atoms with Crippen molar-refractivity contribution >= 4 is 5.97 Å². The molecule has 0 aromatic rings. The van der Waals surface area contributed by atoms with Gasteiger partial charge >= 0.3 is 51.4 Å². The van der Waals surface area contributed by atoms with Crippen molar-refractivity contribution in [1.82, 2.24) is 0 Å². The Bertz CT molecular complexity index is 160. The van der Waals surface area contributed by atoms with E-state index in [1.807, 2.05) is 0 Å². The van der Waals surface area contributed by atoms with Gasteiger partial charge in [0.2, 0.25) is 0 Å². The van der Waals surface area contributed by atoms with Gasteiger partial charge in [-0.25, -0.2) is 0 Å². The number of carboxylic acid groups (broad SMARTS) is 1. The maximum absolute atomic E-state index is 10.1. The molecular weight excluding hydrogens is 239 g/mol. The van der Waals surface area contributed by atoms with Crippen LogP contribution in [0, 0.1) is 0 Å². The van der Waals surface area contributed by atoms with Crippen LogP contribution in [-0.4, -0.2) is 5.97 Å². The minimum Gasteiger partial charge on any atom is -0.550 e. The van der Waals surface area contributed by atoms with Gasteiger partial charge in [0.15, 0.2) is 0 Å². The fraction of sp³-hybridized carbons (Fsp3) is 0.929. The van der Waals surface area contributed by atoms with E-state index >= 15 is 0 Å². The zero-order valence-corrected chi connectivity index (χ0v) is 14.9. The molecule has 96 valence electrons. The van der Waals surface area contributed by atoms with Gasteiger partial charge in [0.05, 0.1) is 0 Å². The molecule has 0 aromatic heterocycles. The number of carbonyl (C=O) groups excluding carboxylic acids is 1. The summed E-state index contributed by atoms with van der Waals surface area (Å²) in [6, 6.07) is 0. The standard InChI is InChI=1S/C14H28O2.K/c1-2-3-4-5-6-7-8-9-10-11-12-13-14(15)16;/h2-13H2,1H3,(H,15,16);/q;+1/p-1. The zero-order chi connectivity index (χ0) is 12.1. The second-order valence-corrected chi connectivity index (χ2v) is 4.66. The molecule has 0 saturated carbocycles. The number of rotatable bonds is 12. The number of aliphatic carboxylic acids is 1. The van der Waals surface area contributed by atoms with Crippen molar-refractivity contribution < 1.29 is 61.3 Å². The van der Waals surface area contributed by atoms with Gasteiger partial charge in [0.1, 0.15) is 0 Å². The molecule has 0 spiro atoms. The van der Waals surface area contributed by atoms with Crippen LogP contribution in [0.4, 0.5) is 0 Å². The van der Waals surface area contributed by atoms with E-state index < -0.39 is 5.97 Å². The van der Waals surface area contributed by atoms with Gasteiger partial charge in [-0.2, -0.15) is 0 Å². The van der Waals surface area contributed by atoms with E-state index in [1.54, 1.807) is 0 Å². The average molecular weight is 266 g/mol. The molecule has 0 unspecified atom stereocenters. The summed E-state index contributed by atoms with van der Waals surface area (Å²) in [5.41, 5.74) is 0. The van der Waals surface area contributed by atoms with E-state index in [4.69, 9.17) is 0 Å². The Morgan fingerprint density at radius 2 is 1.12 bits per heavy atom. The molecule has 0 bridgehead atoms. The normalized spacial score (nSPS) is 9.94. The van der Waals surface area contributed by atoms with Crippen LogP contribution in [0.2, 0.25) is 0 Å². The van der Waals surface area contributed by atoms with E-state index in [-0.39, 0.29) is 57.8 Å². The summed E-state index contributed by atoms with van der Waals surface area (Å²) in [5, 5.41) is 10.1. The van der Waals surface area contributed by atoms with Gasteiger partial charge in [-0.15, -0.1) is 0 Å². The molecule has 0 aliphatic carbocycles. The minimum absolute atomic E-state index is 0. The molecule has 0 aromatic carbocycles. The maximum atomic E-state index is 10.1. The minimum atomic E-state index is -0.907. The third-order valence-electron chi connectivity index (χ3n) is 2.98. The summed E-state index contributed by atoms with van der Waals surface area (Å²) in [5.74, 6) is -0.907. The first kappa shape index (κ1) is 20.4. The molecule has 0 fully saturated rings. The second-order valence-electron chi connectivity index (χ2n) is 4.66. The Balaban J connectivity index is 0. The van der Waals surface area contributed by atoms with Crippen molar-refractivity contribution in [3.8, 4) is 0 Å². The van der Waals surface area contributed by atoms with E-state index in [0.717, 1.165) is 12.8 Å². The molecule has 0 aliphatic heterocycles. The summed E-state index contributed by atoms with van der Waals surface area (Å²) >= 11 is 0. The van der Waals surface area contributed by atoms with Crippen molar-refractivity contribution in [3.63, 3.8) is 0 Å². The number of carboxylic acids is 1. The summed E-state index contributed by atoms with van der Waals surface area (Å²) in [4.78, 5) is 10.1. The smallest absolute Gasteiger partial charge is 0.550 e. The van der Waals surface area contributed by atoms with Crippen LogP contribution in [0.15, 0.2) is 0 Å². The molecule has 0 N–H and O–H groups in total. The maximum Gasteiger partial charge on any atom is 1.00 e. The predicted molar refractivity (Wildman–Crippen MR) is 66.1 cm³/mol. The Hall–Kier alpha value is 1.11. The van der Waals surface area contributed by atoms with E-state index in [2.05, 4.69) is 6.92 Å². The molecule has 0 saturated heterocycles. The number of carbonyl (C=O) groups is 1. The molecule has 0 amide bonds. The van der Waals surface area contributed by atoms with Crippen molar-refractivity contribution in [1.29, 1.82) is 0 Å². The van der Waals surface area contributed by atoms with E-state index in [9.17, 15) is 9.90 Å². The summed E-state index contributed by atoms with van der Waals surface area (Å²) in [6.07, 6.45) is 14.0. The molecule has 0 aliphatic rings. The fourth-order valence-corrected chi connectivity index (χ4v) is 1.93. The Labute approximate surface area is 149 Å². The van der Waals surface area contributed by atoms with Gasteiger partial charge in [-0.3, -0.25) is 0 Å². The SMILES string of the molecule is CCCCCCCCCCCCCC(=O)[O-].[K+]. The van der Waals surface area contributed by atoms with Gasteiger partial charge in [-0.05, 0) is 12.8 Å². The molecule has 3 heteroatoms.